The van der Waals surface area contributed by atoms with E-state index in [1.165, 1.54) is 0 Å². The van der Waals surface area contributed by atoms with Gasteiger partial charge in [-0.1, -0.05) is 6.07 Å². The van der Waals surface area contributed by atoms with Crippen LogP contribution in [0.25, 0.3) is 10.9 Å². The van der Waals surface area contributed by atoms with Crippen LogP contribution in [0, 0.1) is 6.92 Å². The van der Waals surface area contributed by atoms with Gasteiger partial charge in [-0.05, 0) is 55.2 Å². The van der Waals surface area contributed by atoms with E-state index in [1.807, 2.05) is 60.5 Å². The summed E-state index contributed by atoms with van der Waals surface area (Å²) in [6, 6.07) is 10.8. The molecule has 1 atom stereocenters. The lowest BCUT2D eigenvalue weighted by atomic mass is 10.1. The average molecular weight is 355 g/mol. The maximum Gasteiger partial charge on any atom is 0.248 e. The fourth-order valence-corrected chi connectivity index (χ4v) is 3.40. The first kappa shape index (κ1) is 17.4. The van der Waals surface area contributed by atoms with Gasteiger partial charge in [0.25, 0.3) is 0 Å². The average Bonchev–Trinajstić information content (AvgIpc) is 3.09. The number of amides is 1. The molecule has 1 amide bonds. The maximum absolute atomic E-state index is 12.8. The zero-order valence-corrected chi connectivity index (χ0v) is 15.1. The number of carbonyl (C=O) groups excluding carboxylic acids is 1. The number of rotatable bonds is 6. The molecule has 6 heteroatoms. The van der Waals surface area contributed by atoms with Crippen LogP contribution in [0.1, 0.15) is 18.0 Å². The summed E-state index contributed by atoms with van der Waals surface area (Å²) in [4.78, 5) is 27.3. The highest BCUT2D eigenvalue weighted by Crippen LogP contribution is 2.22. The summed E-state index contributed by atoms with van der Waals surface area (Å²) in [5, 5.41) is 3.95. The van der Waals surface area contributed by atoms with Crippen LogP contribution in [0.5, 0.6) is 0 Å². The first-order valence-electron chi connectivity index (χ1n) is 8.14. The van der Waals surface area contributed by atoms with Gasteiger partial charge in [0.1, 0.15) is 6.04 Å². The first-order valence-corrected chi connectivity index (χ1v) is 9.54. The maximum atomic E-state index is 12.8. The van der Waals surface area contributed by atoms with Crippen LogP contribution < -0.4 is 10.9 Å². The fraction of sp³-hybridized carbons (Fsp3) is 0.263. The van der Waals surface area contributed by atoms with Crippen LogP contribution in [0.15, 0.2) is 53.6 Å². The normalized spacial score (nSPS) is 12.2. The number of carbonyl (C=O) groups is 1. The van der Waals surface area contributed by atoms with Crippen molar-refractivity contribution in [1.82, 2.24) is 9.55 Å². The summed E-state index contributed by atoms with van der Waals surface area (Å²) in [5.74, 6) is 0.847. The third kappa shape index (κ3) is 3.96. The number of H-pyrrole nitrogens is 1. The number of fused-ring (bicyclic) bond motifs is 1. The molecule has 0 saturated carbocycles. The number of anilines is 1. The van der Waals surface area contributed by atoms with Gasteiger partial charge in [0.05, 0.1) is 5.52 Å². The Kier molecular flexibility index (Phi) is 5.28. The van der Waals surface area contributed by atoms with Gasteiger partial charge in [0.2, 0.25) is 11.5 Å². The summed E-state index contributed by atoms with van der Waals surface area (Å²) in [6.07, 6.45) is 6.61. The lowest BCUT2D eigenvalue weighted by molar-refractivity contribution is -0.119. The predicted octanol–water partition coefficient (Wildman–Crippen LogP) is 3.57. The summed E-state index contributed by atoms with van der Waals surface area (Å²) in [5.41, 5.74) is 2.19. The lowest BCUT2D eigenvalue weighted by Gasteiger charge is -2.18. The van der Waals surface area contributed by atoms with Crippen molar-refractivity contribution < 1.29 is 4.79 Å². The van der Waals surface area contributed by atoms with E-state index >= 15 is 0 Å². The number of hydrogen-bond donors (Lipinski definition) is 2. The number of aromatic amines is 1. The van der Waals surface area contributed by atoms with Crippen molar-refractivity contribution in [3.8, 4) is 0 Å². The van der Waals surface area contributed by atoms with Gasteiger partial charge in [-0.15, -0.1) is 0 Å². The molecule has 2 aromatic heterocycles. The number of hydrogen-bond acceptors (Lipinski definition) is 3. The number of aryl methyl sites for hydroxylation is 1. The largest absolute Gasteiger partial charge is 0.342 e. The zero-order valence-electron chi connectivity index (χ0n) is 14.3. The zero-order chi connectivity index (χ0) is 17.8. The molecular formula is C19H21N3O2S. The molecule has 0 unspecified atom stereocenters. The van der Waals surface area contributed by atoms with Crippen LogP contribution in [-0.4, -0.2) is 27.5 Å². The Hall–Kier alpha value is -2.47. The molecule has 0 spiro atoms. The van der Waals surface area contributed by atoms with Crippen LogP contribution in [-0.2, 0) is 4.79 Å². The molecule has 25 heavy (non-hydrogen) atoms. The van der Waals surface area contributed by atoms with Crippen molar-refractivity contribution >= 4 is 34.3 Å². The molecule has 0 fully saturated rings. The Balaban J connectivity index is 1.85. The van der Waals surface area contributed by atoms with Gasteiger partial charge >= 0.3 is 0 Å². The number of nitrogens with one attached hydrogen (secondary N) is 2. The predicted molar refractivity (Wildman–Crippen MR) is 104 cm³/mol. The monoisotopic (exact) mass is 355 g/mol. The van der Waals surface area contributed by atoms with Crippen molar-refractivity contribution in [1.29, 1.82) is 0 Å². The third-order valence-electron chi connectivity index (χ3n) is 4.20. The molecule has 0 aliphatic carbocycles. The van der Waals surface area contributed by atoms with Gasteiger partial charge in [0.15, 0.2) is 0 Å². The van der Waals surface area contributed by atoms with Crippen LogP contribution in [0.3, 0.4) is 0 Å². The molecule has 0 aliphatic heterocycles. The first-order chi connectivity index (χ1) is 12.1. The molecule has 3 rings (SSSR count). The quantitative estimate of drug-likeness (QED) is 0.710. The summed E-state index contributed by atoms with van der Waals surface area (Å²) in [7, 11) is 0. The SMILES string of the molecule is CSCC[C@H](C(=O)Nc1ccc2c(C)cc(=O)[nH]c2c1)n1cccc1. The number of thioether (sulfide) groups is 1. The molecule has 2 heterocycles. The highest BCUT2D eigenvalue weighted by molar-refractivity contribution is 7.98. The van der Waals surface area contributed by atoms with E-state index in [0.717, 1.165) is 28.6 Å². The molecule has 5 nitrogen and oxygen atoms in total. The van der Waals surface area contributed by atoms with E-state index in [4.69, 9.17) is 0 Å². The van der Waals surface area contributed by atoms with Crippen molar-refractivity contribution in [2.75, 3.05) is 17.3 Å². The van der Waals surface area contributed by atoms with Crippen LogP contribution in [0.2, 0.25) is 0 Å². The van der Waals surface area contributed by atoms with Crippen molar-refractivity contribution in [2.24, 2.45) is 0 Å². The molecule has 0 aliphatic rings. The minimum atomic E-state index is -0.255. The second-order valence-electron chi connectivity index (χ2n) is 5.99. The topological polar surface area (TPSA) is 66.9 Å². The van der Waals surface area contributed by atoms with E-state index in [9.17, 15) is 9.59 Å². The highest BCUT2D eigenvalue weighted by Gasteiger charge is 2.19. The molecule has 130 valence electrons. The van der Waals surface area contributed by atoms with Crippen LogP contribution >= 0.6 is 11.8 Å². The Bertz CT molecular complexity index is 931. The highest BCUT2D eigenvalue weighted by atomic mass is 32.2. The summed E-state index contributed by atoms with van der Waals surface area (Å²) in [6.45, 7) is 1.90. The number of pyridine rings is 1. The van der Waals surface area contributed by atoms with E-state index in [2.05, 4.69) is 10.3 Å². The van der Waals surface area contributed by atoms with Crippen molar-refractivity contribution in [2.45, 2.75) is 19.4 Å². The Morgan fingerprint density at radius 1 is 1.28 bits per heavy atom. The summed E-state index contributed by atoms with van der Waals surface area (Å²) >= 11 is 1.72. The van der Waals surface area contributed by atoms with Gasteiger partial charge in [-0.2, -0.15) is 11.8 Å². The minimum Gasteiger partial charge on any atom is -0.342 e. The van der Waals surface area contributed by atoms with Gasteiger partial charge in [0, 0.05) is 29.5 Å². The fourth-order valence-electron chi connectivity index (χ4n) is 2.94. The second-order valence-corrected chi connectivity index (χ2v) is 6.98. The molecule has 2 N–H and O–H groups in total. The number of nitrogens with zero attached hydrogens (tertiary/aromatic N) is 1. The van der Waals surface area contributed by atoms with Gasteiger partial charge in [-0.3, -0.25) is 9.59 Å². The molecular weight excluding hydrogens is 334 g/mol. The van der Waals surface area contributed by atoms with E-state index in [-0.39, 0.29) is 17.5 Å². The molecule has 0 saturated heterocycles. The molecule has 1 aromatic carbocycles. The van der Waals surface area contributed by atoms with E-state index in [1.54, 1.807) is 17.8 Å². The lowest BCUT2D eigenvalue weighted by Crippen LogP contribution is -2.26. The third-order valence-corrected chi connectivity index (χ3v) is 4.85. The Morgan fingerprint density at radius 3 is 2.76 bits per heavy atom. The standard InChI is InChI=1S/C19H21N3O2S/c1-13-11-18(23)21-16-12-14(5-6-15(13)16)20-19(24)17(7-10-25-2)22-8-3-4-9-22/h3-6,8-9,11-12,17H,7,10H2,1-2H3,(H,20,24)(H,21,23)/t17-/m1/s1. The Labute approximate surface area is 150 Å². The van der Waals surface area contributed by atoms with Gasteiger partial charge < -0.3 is 14.9 Å². The molecule has 3 aromatic rings. The minimum absolute atomic E-state index is 0.0559. The van der Waals surface area contributed by atoms with Crippen molar-refractivity contribution in [3.63, 3.8) is 0 Å². The van der Waals surface area contributed by atoms with E-state index < -0.39 is 0 Å². The number of aromatic nitrogens is 2. The number of benzene rings is 1. The second kappa shape index (κ2) is 7.61. The van der Waals surface area contributed by atoms with Crippen molar-refractivity contribution in [3.05, 3.63) is 64.7 Å². The van der Waals surface area contributed by atoms with Crippen LogP contribution in [0.4, 0.5) is 5.69 Å². The summed E-state index contributed by atoms with van der Waals surface area (Å²) < 4.78 is 1.93. The van der Waals surface area contributed by atoms with Gasteiger partial charge in [-0.25, -0.2) is 0 Å². The molecule has 0 radical (unpaired) electrons. The van der Waals surface area contributed by atoms with E-state index in [0.29, 0.717) is 5.69 Å². The Morgan fingerprint density at radius 2 is 2.04 bits per heavy atom. The smallest absolute Gasteiger partial charge is 0.248 e. The molecule has 0 bridgehead atoms.